The molecule has 2 amide bonds. The summed E-state index contributed by atoms with van der Waals surface area (Å²) in [6.45, 7) is 1.90. The first-order valence-electron chi connectivity index (χ1n) is 10.3. The topological polar surface area (TPSA) is 52.6 Å². The van der Waals surface area contributed by atoms with Crippen LogP contribution >= 0.6 is 0 Å². The van der Waals surface area contributed by atoms with Gasteiger partial charge in [0.15, 0.2) is 0 Å². The van der Waals surface area contributed by atoms with E-state index < -0.39 is 0 Å². The molecule has 1 aliphatic heterocycles. The fourth-order valence-electron chi connectivity index (χ4n) is 4.36. The highest BCUT2D eigenvalue weighted by Gasteiger charge is 2.33. The molecular formula is C24H28N2O2. The molecule has 28 heavy (non-hydrogen) atoms. The summed E-state index contributed by atoms with van der Waals surface area (Å²) >= 11 is 0. The predicted molar refractivity (Wildman–Crippen MR) is 112 cm³/mol. The molecule has 146 valence electrons. The summed E-state index contributed by atoms with van der Waals surface area (Å²) < 4.78 is 0. The van der Waals surface area contributed by atoms with Gasteiger partial charge in [-0.2, -0.15) is 0 Å². The highest BCUT2D eigenvalue weighted by Crippen LogP contribution is 2.35. The predicted octanol–water partition coefficient (Wildman–Crippen LogP) is 5.53. The van der Waals surface area contributed by atoms with E-state index in [1.54, 1.807) is 6.07 Å². The molecule has 2 aromatic rings. The number of amides is 2. The minimum atomic E-state index is -0.153. The summed E-state index contributed by atoms with van der Waals surface area (Å²) in [7, 11) is 0. The average molecular weight is 377 g/mol. The fourth-order valence-corrected chi connectivity index (χ4v) is 4.36. The molecule has 1 saturated carbocycles. The van der Waals surface area contributed by atoms with Crippen LogP contribution in [0.1, 0.15) is 61.3 Å². The van der Waals surface area contributed by atoms with Crippen LogP contribution in [0.3, 0.4) is 0 Å². The number of carbonyl (C=O) groups is 1. The number of hydrogen-bond acceptors (Lipinski definition) is 2. The monoisotopic (exact) mass is 376 g/mol. The molecule has 2 aliphatic rings. The second-order valence-corrected chi connectivity index (χ2v) is 7.91. The second-order valence-electron chi connectivity index (χ2n) is 7.91. The van der Waals surface area contributed by atoms with E-state index in [2.05, 4.69) is 11.4 Å². The lowest BCUT2D eigenvalue weighted by Gasteiger charge is -2.38. The maximum Gasteiger partial charge on any atom is 0.322 e. The van der Waals surface area contributed by atoms with E-state index in [4.69, 9.17) is 0 Å². The maximum absolute atomic E-state index is 13.2. The number of nitrogens with one attached hydrogen (secondary N) is 1. The van der Waals surface area contributed by atoms with Crippen molar-refractivity contribution >= 4 is 11.7 Å². The van der Waals surface area contributed by atoms with Gasteiger partial charge in [-0.05, 0) is 60.7 Å². The zero-order chi connectivity index (χ0) is 19.5. The number of rotatable bonds is 3. The lowest BCUT2D eigenvalue weighted by Crippen LogP contribution is -2.49. The second kappa shape index (κ2) is 8.09. The summed E-state index contributed by atoms with van der Waals surface area (Å²) in [4.78, 5) is 15.2. The van der Waals surface area contributed by atoms with Crippen LogP contribution in [-0.4, -0.2) is 22.1 Å². The van der Waals surface area contributed by atoms with Crippen molar-refractivity contribution in [2.75, 3.05) is 0 Å². The Bertz CT molecular complexity index is 867. The van der Waals surface area contributed by atoms with E-state index in [0.29, 0.717) is 0 Å². The molecule has 4 heteroatoms. The zero-order valence-corrected chi connectivity index (χ0v) is 16.4. The van der Waals surface area contributed by atoms with Crippen LogP contribution in [0, 0.1) is 6.92 Å². The third-order valence-electron chi connectivity index (χ3n) is 5.92. The molecule has 2 N–H and O–H groups in total. The van der Waals surface area contributed by atoms with Crippen molar-refractivity contribution in [3.05, 3.63) is 71.3 Å². The lowest BCUT2D eigenvalue weighted by molar-refractivity contribution is 0.193. The summed E-state index contributed by atoms with van der Waals surface area (Å²) in [6.07, 6.45) is 9.06. The Hall–Kier alpha value is -2.75. The minimum Gasteiger partial charge on any atom is -0.508 e. The van der Waals surface area contributed by atoms with Crippen molar-refractivity contribution in [3.63, 3.8) is 0 Å². The SMILES string of the molecule is Cc1cc(C2=CC(c3ccccc3)NC(=O)N2C2CCCCCC2)ccc1O. The van der Waals surface area contributed by atoms with E-state index in [1.807, 2.05) is 54.3 Å². The van der Waals surface area contributed by atoms with Gasteiger partial charge < -0.3 is 10.4 Å². The van der Waals surface area contributed by atoms with Gasteiger partial charge in [0.25, 0.3) is 0 Å². The molecule has 0 saturated heterocycles. The van der Waals surface area contributed by atoms with Gasteiger partial charge in [0.1, 0.15) is 5.75 Å². The Labute approximate surface area is 166 Å². The van der Waals surface area contributed by atoms with Gasteiger partial charge in [0, 0.05) is 6.04 Å². The molecule has 2 aromatic carbocycles. The van der Waals surface area contributed by atoms with Crippen LogP contribution in [0.4, 0.5) is 4.79 Å². The molecule has 0 bridgehead atoms. The molecule has 4 nitrogen and oxygen atoms in total. The van der Waals surface area contributed by atoms with Crippen LogP contribution in [0.15, 0.2) is 54.6 Å². The van der Waals surface area contributed by atoms with Gasteiger partial charge in [-0.15, -0.1) is 0 Å². The normalized spacial score (nSPS) is 21.0. The highest BCUT2D eigenvalue weighted by atomic mass is 16.3. The van der Waals surface area contributed by atoms with Gasteiger partial charge in [0.2, 0.25) is 0 Å². The number of hydrogen-bond donors (Lipinski definition) is 2. The van der Waals surface area contributed by atoms with Crippen LogP contribution < -0.4 is 5.32 Å². The van der Waals surface area contributed by atoms with Crippen molar-refractivity contribution < 1.29 is 9.90 Å². The summed E-state index contributed by atoms with van der Waals surface area (Å²) in [5.41, 5.74) is 3.83. The Morgan fingerprint density at radius 3 is 2.39 bits per heavy atom. The Kier molecular flexibility index (Phi) is 5.38. The molecule has 1 heterocycles. The fraction of sp³-hybridized carbons (Fsp3) is 0.375. The zero-order valence-electron chi connectivity index (χ0n) is 16.4. The molecule has 1 atom stereocenters. The van der Waals surface area contributed by atoms with Crippen molar-refractivity contribution in [2.24, 2.45) is 0 Å². The first-order valence-corrected chi connectivity index (χ1v) is 10.3. The number of phenols is 1. The standard InChI is InChI=1S/C24H28N2O2/c1-17-15-19(13-14-23(17)27)22-16-21(18-9-5-4-6-10-18)25-24(28)26(22)20-11-7-2-3-8-12-20/h4-6,9-10,13-16,20-21,27H,2-3,7-8,11-12H2,1H3,(H,25,28). The lowest BCUT2D eigenvalue weighted by atomic mass is 9.96. The van der Waals surface area contributed by atoms with Crippen LogP contribution in [0.2, 0.25) is 0 Å². The number of phenolic OH excluding ortho intramolecular Hbond substituents is 1. The van der Waals surface area contributed by atoms with E-state index in [0.717, 1.165) is 35.2 Å². The molecule has 1 fully saturated rings. The van der Waals surface area contributed by atoms with Crippen LogP contribution in [0.5, 0.6) is 5.75 Å². The van der Waals surface area contributed by atoms with E-state index in [1.165, 1.54) is 25.7 Å². The molecule has 1 unspecified atom stereocenters. The third-order valence-corrected chi connectivity index (χ3v) is 5.92. The summed E-state index contributed by atoms with van der Waals surface area (Å²) in [5.74, 6) is 0.283. The Balaban J connectivity index is 1.77. The molecular weight excluding hydrogens is 348 g/mol. The molecule has 1 aliphatic carbocycles. The molecule has 4 rings (SSSR count). The first kappa shape index (κ1) is 18.6. The van der Waals surface area contributed by atoms with Crippen molar-refractivity contribution in [1.82, 2.24) is 10.2 Å². The summed E-state index contributed by atoms with van der Waals surface area (Å²) in [5, 5.41) is 13.2. The Morgan fingerprint density at radius 1 is 1.00 bits per heavy atom. The highest BCUT2D eigenvalue weighted by molar-refractivity contribution is 5.89. The first-order chi connectivity index (χ1) is 13.6. The average Bonchev–Trinajstić information content (AvgIpc) is 2.99. The molecule has 0 spiro atoms. The number of nitrogens with zero attached hydrogens (tertiary/aromatic N) is 1. The Morgan fingerprint density at radius 2 is 1.71 bits per heavy atom. The van der Waals surface area contributed by atoms with Crippen molar-refractivity contribution in [2.45, 2.75) is 57.5 Å². The molecule has 0 radical (unpaired) electrons. The minimum absolute atomic E-state index is 0.0241. The van der Waals surface area contributed by atoms with E-state index >= 15 is 0 Å². The van der Waals surface area contributed by atoms with Gasteiger partial charge in [-0.25, -0.2) is 4.79 Å². The number of benzene rings is 2. The number of aromatic hydroxyl groups is 1. The largest absolute Gasteiger partial charge is 0.508 e. The number of aryl methyl sites for hydroxylation is 1. The summed E-state index contributed by atoms with van der Waals surface area (Å²) in [6, 6.07) is 15.7. The van der Waals surface area contributed by atoms with Crippen LogP contribution in [0.25, 0.3) is 5.70 Å². The quantitative estimate of drug-likeness (QED) is 0.692. The number of urea groups is 1. The smallest absolute Gasteiger partial charge is 0.322 e. The van der Waals surface area contributed by atoms with Gasteiger partial charge >= 0.3 is 6.03 Å². The van der Waals surface area contributed by atoms with E-state index in [-0.39, 0.29) is 23.9 Å². The van der Waals surface area contributed by atoms with Crippen molar-refractivity contribution in [3.8, 4) is 5.75 Å². The van der Waals surface area contributed by atoms with Crippen LogP contribution in [-0.2, 0) is 0 Å². The van der Waals surface area contributed by atoms with E-state index in [9.17, 15) is 9.90 Å². The third kappa shape index (κ3) is 3.77. The maximum atomic E-state index is 13.2. The van der Waals surface area contributed by atoms with Crippen molar-refractivity contribution in [1.29, 1.82) is 0 Å². The van der Waals surface area contributed by atoms with Gasteiger partial charge in [0.05, 0.1) is 11.7 Å². The van der Waals surface area contributed by atoms with Gasteiger partial charge in [-0.3, -0.25) is 4.90 Å². The number of carbonyl (C=O) groups excluding carboxylic acids is 1. The molecule has 0 aromatic heterocycles. The van der Waals surface area contributed by atoms with Gasteiger partial charge in [-0.1, -0.05) is 56.0 Å².